The molecule has 0 aliphatic heterocycles. The zero-order chi connectivity index (χ0) is 18.2. The van der Waals surface area contributed by atoms with Gasteiger partial charge in [0, 0.05) is 22.3 Å². The number of rotatable bonds is 3. The molecule has 0 bridgehead atoms. The Balaban J connectivity index is 1.69. The van der Waals surface area contributed by atoms with Crippen LogP contribution in [0, 0.1) is 6.92 Å². The van der Waals surface area contributed by atoms with Crippen LogP contribution >= 0.6 is 0 Å². The first-order valence-corrected chi connectivity index (χ1v) is 8.95. The fourth-order valence-electron chi connectivity index (χ4n) is 3.41. The molecule has 0 aliphatic rings. The van der Waals surface area contributed by atoms with Gasteiger partial charge in [0.15, 0.2) is 5.82 Å². The average Bonchev–Trinajstić information content (AvgIpc) is 3.09. The molecule has 4 nitrogen and oxygen atoms in total. The maximum absolute atomic E-state index is 4.84. The van der Waals surface area contributed by atoms with Gasteiger partial charge < -0.3 is 10.3 Å². The van der Waals surface area contributed by atoms with E-state index in [1.165, 1.54) is 10.8 Å². The minimum atomic E-state index is 0.702. The van der Waals surface area contributed by atoms with Gasteiger partial charge in [-0.25, -0.2) is 9.97 Å². The Morgan fingerprint density at radius 1 is 0.778 bits per heavy atom. The molecule has 0 saturated heterocycles. The van der Waals surface area contributed by atoms with Gasteiger partial charge in [-0.2, -0.15) is 0 Å². The van der Waals surface area contributed by atoms with E-state index in [1.54, 1.807) is 0 Å². The van der Waals surface area contributed by atoms with E-state index in [-0.39, 0.29) is 0 Å². The van der Waals surface area contributed by atoms with Gasteiger partial charge in [0.25, 0.3) is 0 Å². The van der Waals surface area contributed by atoms with Gasteiger partial charge in [0.1, 0.15) is 11.5 Å². The number of nitrogens with one attached hydrogen (secondary N) is 2. The Morgan fingerprint density at radius 2 is 1.56 bits per heavy atom. The first-order chi connectivity index (χ1) is 13.3. The summed E-state index contributed by atoms with van der Waals surface area (Å²) in [5.74, 6) is 1.51. The molecule has 5 aromatic rings. The third-order valence-corrected chi connectivity index (χ3v) is 4.70. The standard InChI is InChI=1S/C23H18N4/c1-15-14-19-22(24-15)26-21(17-9-3-2-4-10-17)27-23(19)25-20-13-7-11-16-8-5-6-12-18(16)20/h2-14H,1H3,(H2,24,25,26,27). The lowest BCUT2D eigenvalue weighted by Gasteiger charge is -2.11. The van der Waals surface area contributed by atoms with Crippen molar-refractivity contribution < 1.29 is 0 Å². The predicted molar refractivity (Wildman–Crippen MR) is 111 cm³/mol. The predicted octanol–water partition coefficient (Wildman–Crippen LogP) is 5.83. The van der Waals surface area contributed by atoms with Crippen LogP contribution in [0.15, 0.2) is 78.9 Å². The van der Waals surface area contributed by atoms with Crippen molar-refractivity contribution in [1.29, 1.82) is 0 Å². The van der Waals surface area contributed by atoms with Crippen LogP contribution in [0.5, 0.6) is 0 Å². The van der Waals surface area contributed by atoms with Crippen LogP contribution in [0.25, 0.3) is 33.2 Å². The highest BCUT2D eigenvalue weighted by Gasteiger charge is 2.12. The maximum Gasteiger partial charge on any atom is 0.163 e. The lowest BCUT2D eigenvalue weighted by atomic mass is 10.1. The summed E-state index contributed by atoms with van der Waals surface area (Å²) >= 11 is 0. The highest BCUT2D eigenvalue weighted by Crippen LogP contribution is 2.31. The van der Waals surface area contributed by atoms with Crippen molar-refractivity contribution in [2.24, 2.45) is 0 Å². The Labute approximate surface area is 156 Å². The van der Waals surface area contributed by atoms with Crippen LogP contribution in [0.2, 0.25) is 0 Å². The second-order valence-corrected chi connectivity index (χ2v) is 6.63. The van der Waals surface area contributed by atoms with E-state index in [0.29, 0.717) is 5.82 Å². The number of hydrogen-bond donors (Lipinski definition) is 2. The lowest BCUT2D eigenvalue weighted by Crippen LogP contribution is -1.99. The number of aryl methyl sites for hydroxylation is 1. The minimum absolute atomic E-state index is 0.702. The van der Waals surface area contributed by atoms with Crippen molar-refractivity contribution >= 4 is 33.3 Å². The molecule has 5 rings (SSSR count). The molecule has 0 atom stereocenters. The van der Waals surface area contributed by atoms with E-state index < -0.39 is 0 Å². The molecule has 0 radical (unpaired) electrons. The summed E-state index contributed by atoms with van der Waals surface area (Å²) < 4.78 is 0. The molecule has 0 unspecified atom stereocenters. The van der Waals surface area contributed by atoms with E-state index >= 15 is 0 Å². The van der Waals surface area contributed by atoms with Crippen molar-refractivity contribution in [2.45, 2.75) is 6.92 Å². The number of benzene rings is 3. The summed E-state index contributed by atoms with van der Waals surface area (Å²) in [5.41, 5.74) is 3.92. The Bertz CT molecular complexity index is 1250. The molecular weight excluding hydrogens is 332 g/mol. The SMILES string of the molecule is Cc1cc2c(Nc3cccc4ccccc34)nc(-c3ccccc3)nc2[nH]1. The van der Waals surface area contributed by atoms with Gasteiger partial charge >= 0.3 is 0 Å². The van der Waals surface area contributed by atoms with Gasteiger partial charge in [-0.15, -0.1) is 0 Å². The molecule has 0 fully saturated rings. The van der Waals surface area contributed by atoms with Gasteiger partial charge in [-0.3, -0.25) is 0 Å². The molecule has 2 heterocycles. The molecule has 0 amide bonds. The first-order valence-electron chi connectivity index (χ1n) is 8.95. The smallest absolute Gasteiger partial charge is 0.163 e. The second-order valence-electron chi connectivity index (χ2n) is 6.63. The monoisotopic (exact) mass is 350 g/mol. The normalized spacial score (nSPS) is 11.1. The zero-order valence-corrected chi connectivity index (χ0v) is 14.9. The number of anilines is 2. The number of nitrogens with zero attached hydrogens (tertiary/aromatic N) is 2. The van der Waals surface area contributed by atoms with Crippen LogP contribution in [0.4, 0.5) is 11.5 Å². The summed E-state index contributed by atoms with van der Waals surface area (Å²) in [6.07, 6.45) is 0. The highest BCUT2D eigenvalue weighted by atomic mass is 15.1. The second kappa shape index (κ2) is 6.25. The van der Waals surface area contributed by atoms with Crippen LogP contribution in [-0.4, -0.2) is 15.0 Å². The fourth-order valence-corrected chi connectivity index (χ4v) is 3.41. The summed E-state index contributed by atoms with van der Waals surface area (Å²) in [7, 11) is 0. The van der Waals surface area contributed by atoms with Crippen molar-refractivity contribution in [1.82, 2.24) is 15.0 Å². The molecule has 130 valence electrons. The van der Waals surface area contributed by atoms with Crippen molar-refractivity contribution in [2.75, 3.05) is 5.32 Å². The third kappa shape index (κ3) is 2.81. The number of aromatic nitrogens is 3. The Morgan fingerprint density at radius 3 is 2.44 bits per heavy atom. The largest absolute Gasteiger partial charge is 0.343 e. The summed E-state index contributed by atoms with van der Waals surface area (Å²) in [4.78, 5) is 12.9. The van der Waals surface area contributed by atoms with E-state index in [4.69, 9.17) is 9.97 Å². The van der Waals surface area contributed by atoms with Crippen LogP contribution < -0.4 is 5.32 Å². The van der Waals surface area contributed by atoms with Crippen LogP contribution in [-0.2, 0) is 0 Å². The van der Waals surface area contributed by atoms with Crippen LogP contribution in [0.1, 0.15) is 5.69 Å². The molecule has 2 aromatic heterocycles. The highest BCUT2D eigenvalue weighted by molar-refractivity contribution is 5.98. The molecule has 4 heteroatoms. The van der Waals surface area contributed by atoms with Crippen molar-refractivity contribution in [3.63, 3.8) is 0 Å². The van der Waals surface area contributed by atoms with Gasteiger partial charge in [-0.05, 0) is 24.4 Å². The quantitative estimate of drug-likeness (QED) is 0.430. The number of hydrogen-bond acceptors (Lipinski definition) is 3. The molecule has 0 aliphatic carbocycles. The molecule has 2 N–H and O–H groups in total. The van der Waals surface area contributed by atoms with E-state index in [2.05, 4.69) is 58.8 Å². The van der Waals surface area contributed by atoms with Gasteiger partial charge in [-0.1, -0.05) is 66.7 Å². The lowest BCUT2D eigenvalue weighted by molar-refractivity contribution is 1.19. The third-order valence-electron chi connectivity index (χ3n) is 4.70. The number of aromatic amines is 1. The molecule has 27 heavy (non-hydrogen) atoms. The van der Waals surface area contributed by atoms with E-state index in [9.17, 15) is 0 Å². The summed E-state index contributed by atoms with van der Waals surface area (Å²) in [6, 6.07) is 26.7. The number of fused-ring (bicyclic) bond motifs is 2. The van der Waals surface area contributed by atoms with Crippen LogP contribution in [0.3, 0.4) is 0 Å². The molecular formula is C23H18N4. The molecule has 0 spiro atoms. The van der Waals surface area contributed by atoms with Gasteiger partial charge in [0.2, 0.25) is 0 Å². The summed E-state index contributed by atoms with van der Waals surface area (Å²) in [6.45, 7) is 2.03. The summed E-state index contributed by atoms with van der Waals surface area (Å²) in [5, 5.41) is 6.89. The van der Waals surface area contributed by atoms with Crippen molar-refractivity contribution in [3.8, 4) is 11.4 Å². The minimum Gasteiger partial charge on any atom is -0.343 e. The Hall–Kier alpha value is -3.66. The van der Waals surface area contributed by atoms with E-state index in [1.807, 2.05) is 37.3 Å². The Kier molecular flexibility index (Phi) is 3.61. The molecule has 3 aromatic carbocycles. The zero-order valence-electron chi connectivity index (χ0n) is 14.9. The van der Waals surface area contributed by atoms with Crippen molar-refractivity contribution in [3.05, 3.63) is 84.6 Å². The van der Waals surface area contributed by atoms with Gasteiger partial charge in [0.05, 0.1) is 5.39 Å². The number of H-pyrrole nitrogens is 1. The fraction of sp³-hybridized carbons (Fsp3) is 0.0435. The van der Waals surface area contributed by atoms with E-state index in [0.717, 1.165) is 33.8 Å². The maximum atomic E-state index is 4.84. The topological polar surface area (TPSA) is 53.6 Å². The first kappa shape index (κ1) is 15.6. The average molecular weight is 350 g/mol. The molecule has 0 saturated carbocycles.